The molecule has 1 atom stereocenters. The van der Waals surface area contributed by atoms with Crippen LogP contribution in [0.25, 0.3) is 0 Å². The number of nitrogens with zero attached hydrogens (tertiary/aromatic N) is 1. The van der Waals surface area contributed by atoms with E-state index in [1.165, 1.54) is 21.9 Å². The van der Waals surface area contributed by atoms with Crippen LogP contribution < -0.4 is 10.6 Å². The fourth-order valence-corrected chi connectivity index (χ4v) is 3.34. The van der Waals surface area contributed by atoms with Crippen molar-refractivity contribution in [2.45, 2.75) is 39.8 Å². The quantitative estimate of drug-likeness (QED) is 0.552. The van der Waals surface area contributed by atoms with E-state index >= 15 is 0 Å². The molecule has 0 fully saturated rings. The fourth-order valence-electron chi connectivity index (χ4n) is 2.32. The topological polar surface area (TPSA) is 56.7 Å². The van der Waals surface area contributed by atoms with E-state index in [1.54, 1.807) is 17.4 Å². The number of rotatable bonds is 6. The molecule has 4 nitrogen and oxygen atoms in total. The molecule has 0 saturated carbocycles. The van der Waals surface area contributed by atoms with Crippen LogP contribution in [0.4, 0.5) is 4.39 Å². The Morgan fingerprint density at radius 3 is 2.75 bits per heavy atom. The molecule has 0 aliphatic rings. The van der Waals surface area contributed by atoms with Gasteiger partial charge in [0.2, 0.25) is 0 Å². The third kappa shape index (κ3) is 5.53. The molecule has 0 spiro atoms. The lowest BCUT2D eigenvalue weighted by molar-refractivity contribution is 0.432. The van der Waals surface area contributed by atoms with Crippen molar-refractivity contribution >= 4 is 17.3 Å². The molecule has 1 aromatic heterocycles. The molecule has 0 amide bonds. The predicted molar refractivity (Wildman–Crippen MR) is 98.2 cm³/mol. The zero-order chi connectivity index (χ0) is 17.5. The number of phenolic OH excluding ortho intramolecular Hbond substituents is 1. The molecule has 0 bridgehead atoms. The molecule has 24 heavy (non-hydrogen) atoms. The number of benzene rings is 1. The summed E-state index contributed by atoms with van der Waals surface area (Å²) in [7, 11) is 0. The van der Waals surface area contributed by atoms with Crippen molar-refractivity contribution in [3.05, 3.63) is 51.5 Å². The molecule has 1 heterocycles. The molecule has 130 valence electrons. The lowest BCUT2D eigenvalue weighted by Gasteiger charge is -2.17. The van der Waals surface area contributed by atoms with E-state index in [2.05, 4.69) is 41.6 Å². The normalized spacial score (nSPS) is 12.9. The van der Waals surface area contributed by atoms with Crippen LogP contribution in [0.5, 0.6) is 5.75 Å². The van der Waals surface area contributed by atoms with Crippen LogP contribution in [0.3, 0.4) is 0 Å². The number of guanidine groups is 1. The maximum Gasteiger partial charge on any atom is 0.191 e. The van der Waals surface area contributed by atoms with Crippen LogP contribution >= 0.6 is 11.3 Å². The van der Waals surface area contributed by atoms with Gasteiger partial charge in [-0.05, 0) is 50.6 Å². The predicted octanol–water partition coefficient (Wildman–Crippen LogP) is 3.59. The summed E-state index contributed by atoms with van der Waals surface area (Å²) in [6.07, 6.45) is 0.927. The van der Waals surface area contributed by atoms with Gasteiger partial charge in [0.1, 0.15) is 0 Å². The molecular weight excluding hydrogens is 325 g/mol. The number of hydrogen-bond donors (Lipinski definition) is 3. The zero-order valence-corrected chi connectivity index (χ0v) is 15.1. The number of thiophene rings is 1. The summed E-state index contributed by atoms with van der Waals surface area (Å²) in [6, 6.07) is 8.84. The molecule has 0 aliphatic carbocycles. The van der Waals surface area contributed by atoms with Crippen molar-refractivity contribution in [2.75, 3.05) is 6.54 Å². The van der Waals surface area contributed by atoms with Crippen LogP contribution in [0.1, 0.15) is 29.2 Å². The Labute approximate surface area is 146 Å². The van der Waals surface area contributed by atoms with Gasteiger partial charge >= 0.3 is 0 Å². The SMILES string of the molecule is CCNC(=NCc1ccc(O)c(F)c1)NC(C)Cc1ccc(C)s1. The van der Waals surface area contributed by atoms with Crippen molar-refractivity contribution in [1.29, 1.82) is 0 Å². The second kappa shape index (κ2) is 8.68. The van der Waals surface area contributed by atoms with E-state index in [9.17, 15) is 9.50 Å². The van der Waals surface area contributed by atoms with E-state index < -0.39 is 5.82 Å². The van der Waals surface area contributed by atoms with Crippen LogP contribution in [-0.2, 0) is 13.0 Å². The Balaban J connectivity index is 1.97. The second-order valence-corrected chi connectivity index (χ2v) is 7.12. The van der Waals surface area contributed by atoms with Crippen molar-refractivity contribution in [1.82, 2.24) is 10.6 Å². The summed E-state index contributed by atoms with van der Waals surface area (Å²) in [4.78, 5) is 7.14. The maximum absolute atomic E-state index is 13.4. The highest BCUT2D eigenvalue weighted by molar-refractivity contribution is 7.11. The zero-order valence-electron chi connectivity index (χ0n) is 14.3. The number of aryl methyl sites for hydroxylation is 1. The summed E-state index contributed by atoms with van der Waals surface area (Å²) in [5, 5.41) is 15.8. The van der Waals surface area contributed by atoms with E-state index in [4.69, 9.17) is 0 Å². The van der Waals surface area contributed by atoms with Gasteiger partial charge in [0.25, 0.3) is 0 Å². The molecule has 2 rings (SSSR count). The lowest BCUT2D eigenvalue weighted by Crippen LogP contribution is -2.43. The third-order valence-corrected chi connectivity index (χ3v) is 4.49. The Morgan fingerprint density at radius 2 is 2.12 bits per heavy atom. The van der Waals surface area contributed by atoms with Crippen LogP contribution in [0.2, 0.25) is 0 Å². The number of halogens is 1. The first-order valence-electron chi connectivity index (χ1n) is 8.05. The Kier molecular flexibility index (Phi) is 6.61. The van der Waals surface area contributed by atoms with Gasteiger partial charge in [-0.25, -0.2) is 9.38 Å². The minimum atomic E-state index is -0.623. The molecule has 6 heteroatoms. The number of aromatic hydroxyl groups is 1. The summed E-state index contributed by atoms with van der Waals surface area (Å²) in [5.74, 6) is -0.263. The summed E-state index contributed by atoms with van der Waals surface area (Å²) in [5.41, 5.74) is 0.712. The summed E-state index contributed by atoms with van der Waals surface area (Å²) in [6.45, 7) is 7.32. The van der Waals surface area contributed by atoms with Crippen molar-refractivity contribution in [3.8, 4) is 5.75 Å². The first kappa shape index (κ1) is 18.3. The van der Waals surface area contributed by atoms with Gasteiger partial charge < -0.3 is 15.7 Å². The van der Waals surface area contributed by atoms with Crippen LogP contribution in [0, 0.1) is 12.7 Å². The van der Waals surface area contributed by atoms with Crippen molar-refractivity contribution < 1.29 is 9.50 Å². The van der Waals surface area contributed by atoms with Crippen LogP contribution in [-0.4, -0.2) is 23.7 Å². The third-order valence-electron chi connectivity index (χ3n) is 3.46. The van der Waals surface area contributed by atoms with Gasteiger partial charge in [0.15, 0.2) is 17.5 Å². The smallest absolute Gasteiger partial charge is 0.191 e. The number of hydrogen-bond acceptors (Lipinski definition) is 3. The maximum atomic E-state index is 13.4. The number of nitrogens with one attached hydrogen (secondary N) is 2. The molecule has 1 aromatic carbocycles. The highest BCUT2D eigenvalue weighted by Gasteiger charge is 2.08. The lowest BCUT2D eigenvalue weighted by atomic mass is 10.2. The number of aliphatic imine (C=N–C) groups is 1. The highest BCUT2D eigenvalue weighted by Crippen LogP contribution is 2.17. The first-order valence-corrected chi connectivity index (χ1v) is 8.87. The van der Waals surface area contributed by atoms with E-state index in [0.717, 1.165) is 13.0 Å². The number of phenols is 1. The molecule has 0 radical (unpaired) electrons. The van der Waals surface area contributed by atoms with Crippen LogP contribution in [0.15, 0.2) is 35.3 Å². The Hall–Kier alpha value is -2.08. The Morgan fingerprint density at radius 1 is 1.33 bits per heavy atom. The molecule has 0 aliphatic heterocycles. The monoisotopic (exact) mass is 349 g/mol. The molecular formula is C18H24FN3OS. The Bertz CT molecular complexity index is 699. The molecule has 3 N–H and O–H groups in total. The largest absolute Gasteiger partial charge is 0.505 e. The van der Waals surface area contributed by atoms with Crippen molar-refractivity contribution in [3.63, 3.8) is 0 Å². The average Bonchev–Trinajstić information content (AvgIpc) is 2.93. The van der Waals surface area contributed by atoms with Gasteiger partial charge in [0.05, 0.1) is 6.54 Å². The van der Waals surface area contributed by atoms with E-state index in [1.807, 2.05) is 6.92 Å². The summed E-state index contributed by atoms with van der Waals surface area (Å²) >= 11 is 1.80. The van der Waals surface area contributed by atoms with E-state index in [0.29, 0.717) is 18.1 Å². The second-order valence-electron chi connectivity index (χ2n) is 5.74. The minimum absolute atomic E-state index is 0.234. The van der Waals surface area contributed by atoms with Gasteiger partial charge in [-0.2, -0.15) is 0 Å². The van der Waals surface area contributed by atoms with E-state index in [-0.39, 0.29) is 11.8 Å². The molecule has 0 saturated heterocycles. The fraction of sp³-hybridized carbons (Fsp3) is 0.389. The highest BCUT2D eigenvalue weighted by atomic mass is 32.1. The van der Waals surface area contributed by atoms with Gasteiger partial charge in [-0.3, -0.25) is 0 Å². The average molecular weight is 349 g/mol. The standard InChI is InChI=1S/C18H24FN3OS/c1-4-20-18(21-11-14-6-8-17(23)16(19)10-14)22-12(2)9-15-7-5-13(3)24-15/h5-8,10,12,23H,4,9,11H2,1-3H3,(H2,20,21,22). The molecule has 1 unspecified atom stereocenters. The minimum Gasteiger partial charge on any atom is -0.505 e. The van der Waals surface area contributed by atoms with Gasteiger partial charge in [-0.1, -0.05) is 6.07 Å². The van der Waals surface area contributed by atoms with Gasteiger partial charge in [-0.15, -0.1) is 11.3 Å². The first-order chi connectivity index (χ1) is 11.5. The van der Waals surface area contributed by atoms with Gasteiger partial charge in [0, 0.05) is 28.8 Å². The summed E-state index contributed by atoms with van der Waals surface area (Å²) < 4.78 is 13.4. The van der Waals surface area contributed by atoms with Crippen molar-refractivity contribution in [2.24, 2.45) is 4.99 Å². The molecule has 2 aromatic rings.